The van der Waals surface area contributed by atoms with Crippen molar-refractivity contribution in [2.75, 3.05) is 34.5 Å². The maximum atomic E-state index is 6.17. The number of rotatable bonds is 6. The maximum absolute atomic E-state index is 6.17. The van der Waals surface area contributed by atoms with Gasteiger partial charge in [-0.3, -0.25) is 4.90 Å². The Hall–Kier alpha value is -2.89. The molecule has 5 nitrogen and oxygen atoms in total. The van der Waals surface area contributed by atoms with Crippen LogP contribution in [0, 0.1) is 0 Å². The molecule has 4 rings (SSSR count). The molecule has 1 aliphatic heterocycles. The zero-order chi connectivity index (χ0) is 21.8. The molecule has 3 aromatic rings. The summed E-state index contributed by atoms with van der Waals surface area (Å²) in [7, 11) is 4.95. The van der Waals surface area contributed by atoms with Crippen LogP contribution < -0.4 is 18.9 Å². The molecule has 0 N–H and O–H groups in total. The zero-order valence-corrected chi connectivity index (χ0v) is 18.7. The maximum Gasteiger partial charge on any atom is 0.165 e. The molecule has 0 saturated heterocycles. The van der Waals surface area contributed by atoms with Crippen molar-refractivity contribution in [1.82, 2.24) is 4.90 Å². The molecule has 0 fully saturated rings. The molecule has 162 valence electrons. The Labute approximate surface area is 188 Å². The van der Waals surface area contributed by atoms with Crippen LogP contribution in [0.4, 0.5) is 0 Å². The number of benzene rings is 3. The molecule has 0 unspecified atom stereocenters. The molecule has 0 bridgehead atoms. The van der Waals surface area contributed by atoms with Gasteiger partial charge in [0.25, 0.3) is 0 Å². The van der Waals surface area contributed by atoms with Crippen molar-refractivity contribution in [3.05, 3.63) is 70.7 Å². The summed E-state index contributed by atoms with van der Waals surface area (Å²) >= 11 is 6.17. The van der Waals surface area contributed by atoms with E-state index in [1.54, 1.807) is 21.3 Å². The normalized spacial score (nSPS) is 13.7. The summed E-state index contributed by atoms with van der Waals surface area (Å²) in [5, 5.41) is 0.751. The number of ether oxygens (including phenoxy) is 4. The SMILES string of the molecule is COc1ccc(-c2cc3c(c(OC)c2)OCCN(Cc2cccc(Cl)c2)C3)cc1OC. The van der Waals surface area contributed by atoms with Crippen LogP contribution in [-0.2, 0) is 13.1 Å². The monoisotopic (exact) mass is 439 g/mol. The van der Waals surface area contributed by atoms with Gasteiger partial charge in [-0.15, -0.1) is 0 Å². The van der Waals surface area contributed by atoms with Gasteiger partial charge < -0.3 is 18.9 Å². The lowest BCUT2D eigenvalue weighted by Gasteiger charge is -2.20. The van der Waals surface area contributed by atoms with Gasteiger partial charge in [0, 0.05) is 30.2 Å². The summed E-state index contributed by atoms with van der Waals surface area (Å²) in [6.45, 7) is 2.96. The third kappa shape index (κ3) is 4.73. The lowest BCUT2D eigenvalue weighted by Crippen LogP contribution is -2.25. The Kier molecular flexibility index (Phi) is 6.54. The number of fused-ring (bicyclic) bond motifs is 1. The second-order valence-corrected chi connectivity index (χ2v) is 7.86. The van der Waals surface area contributed by atoms with Crippen LogP contribution in [0.25, 0.3) is 11.1 Å². The highest BCUT2D eigenvalue weighted by Gasteiger charge is 2.21. The summed E-state index contributed by atoms with van der Waals surface area (Å²) in [6, 6.07) is 18.1. The van der Waals surface area contributed by atoms with E-state index < -0.39 is 0 Å². The molecule has 31 heavy (non-hydrogen) atoms. The highest BCUT2D eigenvalue weighted by molar-refractivity contribution is 6.30. The molecule has 3 aromatic carbocycles. The Balaban J connectivity index is 1.68. The highest BCUT2D eigenvalue weighted by atomic mass is 35.5. The van der Waals surface area contributed by atoms with Crippen molar-refractivity contribution in [2.24, 2.45) is 0 Å². The first kappa shape index (κ1) is 21.3. The van der Waals surface area contributed by atoms with E-state index in [9.17, 15) is 0 Å². The van der Waals surface area contributed by atoms with E-state index in [1.165, 1.54) is 5.56 Å². The molecule has 0 spiro atoms. The highest BCUT2D eigenvalue weighted by Crippen LogP contribution is 2.40. The molecular formula is C25H26ClNO4. The predicted molar refractivity (Wildman–Crippen MR) is 123 cm³/mol. The predicted octanol–water partition coefficient (Wildman–Crippen LogP) is 5.43. The molecule has 6 heteroatoms. The van der Waals surface area contributed by atoms with Gasteiger partial charge in [0.05, 0.1) is 21.3 Å². The van der Waals surface area contributed by atoms with Crippen LogP contribution in [0.1, 0.15) is 11.1 Å². The summed E-state index contributed by atoms with van der Waals surface area (Å²) < 4.78 is 22.6. The summed E-state index contributed by atoms with van der Waals surface area (Å²) in [5.74, 6) is 2.92. The largest absolute Gasteiger partial charge is 0.493 e. The van der Waals surface area contributed by atoms with Crippen molar-refractivity contribution >= 4 is 11.6 Å². The molecule has 0 atom stereocenters. The molecule has 0 saturated carbocycles. The average Bonchev–Trinajstić information content (AvgIpc) is 2.99. The molecule has 0 aliphatic carbocycles. The number of methoxy groups -OCH3 is 3. The van der Waals surface area contributed by atoms with Crippen LogP contribution >= 0.6 is 11.6 Å². The van der Waals surface area contributed by atoms with E-state index in [-0.39, 0.29) is 0 Å². The van der Waals surface area contributed by atoms with Gasteiger partial charge >= 0.3 is 0 Å². The van der Waals surface area contributed by atoms with E-state index in [4.69, 9.17) is 30.5 Å². The number of hydrogen-bond donors (Lipinski definition) is 0. The number of hydrogen-bond acceptors (Lipinski definition) is 5. The molecule has 1 aliphatic rings. The molecule has 0 amide bonds. The zero-order valence-electron chi connectivity index (χ0n) is 18.0. The Morgan fingerprint density at radius 1 is 0.871 bits per heavy atom. The van der Waals surface area contributed by atoms with Crippen LogP contribution in [0.5, 0.6) is 23.0 Å². The Bertz CT molecular complexity index is 1070. The van der Waals surface area contributed by atoms with Crippen molar-refractivity contribution < 1.29 is 18.9 Å². The second kappa shape index (κ2) is 9.50. The molecule has 0 aromatic heterocycles. The van der Waals surface area contributed by atoms with Crippen molar-refractivity contribution in [3.63, 3.8) is 0 Å². The van der Waals surface area contributed by atoms with Gasteiger partial charge in [0.2, 0.25) is 0 Å². The minimum atomic E-state index is 0.597. The fourth-order valence-electron chi connectivity index (χ4n) is 3.90. The fourth-order valence-corrected chi connectivity index (χ4v) is 4.11. The lowest BCUT2D eigenvalue weighted by molar-refractivity contribution is 0.217. The van der Waals surface area contributed by atoms with E-state index >= 15 is 0 Å². The van der Waals surface area contributed by atoms with Gasteiger partial charge in [0.1, 0.15) is 6.61 Å². The van der Waals surface area contributed by atoms with E-state index in [0.29, 0.717) is 18.1 Å². The van der Waals surface area contributed by atoms with Crippen LogP contribution in [0.3, 0.4) is 0 Å². The first-order valence-electron chi connectivity index (χ1n) is 10.1. The first-order chi connectivity index (χ1) is 15.1. The minimum Gasteiger partial charge on any atom is -0.493 e. The van der Waals surface area contributed by atoms with E-state index in [2.05, 4.69) is 17.0 Å². The summed E-state index contributed by atoms with van der Waals surface area (Å²) in [6.07, 6.45) is 0. The van der Waals surface area contributed by atoms with Gasteiger partial charge in [-0.1, -0.05) is 29.8 Å². The first-order valence-corrected chi connectivity index (χ1v) is 10.5. The smallest absolute Gasteiger partial charge is 0.165 e. The van der Waals surface area contributed by atoms with Gasteiger partial charge in [-0.25, -0.2) is 0 Å². The van der Waals surface area contributed by atoms with Crippen LogP contribution in [0.2, 0.25) is 5.02 Å². The summed E-state index contributed by atoms with van der Waals surface area (Å²) in [5.41, 5.74) is 4.32. The van der Waals surface area contributed by atoms with Crippen molar-refractivity contribution in [3.8, 4) is 34.1 Å². The quantitative estimate of drug-likeness (QED) is 0.512. The van der Waals surface area contributed by atoms with Gasteiger partial charge in [-0.2, -0.15) is 0 Å². The fraction of sp³-hybridized carbons (Fsp3) is 0.280. The van der Waals surface area contributed by atoms with Crippen molar-refractivity contribution in [1.29, 1.82) is 0 Å². The summed E-state index contributed by atoms with van der Waals surface area (Å²) in [4.78, 5) is 2.36. The Morgan fingerprint density at radius 3 is 2.39 bits per heavy atom. The second-order valence-electron chi connectivity index (χ2n) is 7.43. The molecular weight excluding hydrogens is 414 g/mol. The standard InChI is InChI=1S/C25H26ClNO4/c1-28-22-8-7-18(13-23(22)29-2)19-12-20-16-27(15-17-5-4-6-21(26)11-17)9-10-31-25(20)24(14-19)30-3/h4-8,11-14H,9-10,15-16H2,1-3H3. The van der Waals surface area contributed by atoms with E-state index in [0.717, 1.165) is 52.8 Å². The number of nitrogens with zero attached hydrogens (tertiary/aromatic N) is 1. The minimum absolute atomic E-state index is 0.597. The van der Waals surface area contributed by atoms with Crippen LogP contribution in [-0.4, -0.2) is 39.4 Å². The lowest BCUT2D eigenvalue weighted by atomic mass is 10.0. The third-order valence-corrected chi connectivity index (χ3v) is 5.65. The van der Waals surface area contributed by atoms with Crippen molar-refractivity contribution in [2.45, 2.75) is 13.1 Å². The third-order valence-electron chi connectivity index (χ3n) is 5.41. The molecule has 1 heterocycles. The van der Waals surface area contributed by atoms with E-state index in [1.807, 2.05) is 42.5 Å². The Morgan fingerprint density at radius 2 is 1.65 bits per heavy atom. The van der Waals surface area contributed by atoms with Gasteiger partial charge in [-0.05, 0) is 53.1 Å². The average molecular weight is 440 g/mol. The topological polar surface area (TPSA) is 40.2 Å². The molecule has 0 radical (unpaired) electrons. The van der Waals surface area contributed by atoms with Gasteiger partial charge in [0.15, 0.2) is 23.0 Å². The van der Waals surface area contributed by atoms with Crippen LogP contribution in [0.15, 0.2) is 54.6 Å². The number of halogens is 1.